The zero-order valence-corrected chi connectivity index (χ0v) is 5.65. The van der Waals surface area contributed by atoms with Gasteiger partial charge >= 0.3 is 0 Å². The van der Waals surface area contributed by atoms with Gasteiger partial charge in [-0.05, 0) is 13.3 Å². The summed E-state index contributed by atoms with van der Waals surface area (Å²) >= 11 is 5.85. The molecule has 8 heavy (non-hydrogen) atoms. The highest BCUT2D eigenvalue weighted by Gasteiger charge is 2.05. The van der Waals surface area contributed by atoms with E-state index in [2.05, 4.69) is 19.1 Å². The van der Waals surface area contributed by atoms with Crippen LogP contribution in [0.15, 0.2) is 23.8 Å². The van der Waals surface area contributed by atoms with Crippen molar-refractivity contribution >= 4 is 11.6 Å². The zero-order valence-electron chi connectivity index (χ0n) is 4.89. The molecule has 0 aromatic rings. The number of hydrogen-bond donors (Lipinski definition) is 0. The van der Waals surface area contributed by atoms with Gasteiger partial charge in [-0.1, -0.05) is 23.8 Å². The number of halogens is 1. The van der Waals surface area contributed by atoms with Crippen LogP contribution in [0.2, 0.25) is 0 Å². The van der Waals surface area contributed by atoms with E-state index < -0.39 is 0 Å². The van der Waals surface area contributed by atoms with E-state index in [1.54, 1.807) is 0 Å². The maximum Gasteiger partial charge on any atom is 0.0580 e. The van der Waals surface area contributed by atoms with E-state index in [0.717, 1.165) is 6.42 Å². The Morgan fingerprint density at radius 3 is 2.88 bits per heavy atom. The highest BCUT2D eigenvalue weighted by Crippen LogP contribution is 2.17. The van der Waals surface area contributed by atoms with Gasteiger partial charge in [0.15, 0.2) is 0 Å². The average molecular weight is 129 g/mol. The minimum atomic E-state index is 0.250. The molecular formula is C7H9Cl. The summed E-state index contributed by atoms with van der Waals surface area (Å²) in [5.41, 5.74) is 1.27. The highest BCUT2D eigenvalue weighted by atomic mass is 35.5. The second kappa shape index (κ2) is 2.36. The van der Waals surface area contributed by atoms with Gasteiger partial charge in [-0.25, -0.2) is 0 Å². The maximum absolute atomic E-state index is 5.85. The third kappa shape index (κ3) is 1.13. The monoisotopic (exact) mass is 128 g/mol. The van der Waals surface area contributed by atoms with Crippen molar-refractivity contribution in [1.29, 1.82) is 0 Å². The van der Waals surface area contributed by atoms with Crippen LogP contribution in [0.3, 0.4) is 0 Å². The molecule has 0 heterocycles. The van der Waals surface area contributed by atoms with Crippen molar-refractivity contribution in [3.05, 3.63) is 23.8 Å². The molecule has 0 bridgehead atoms. The molecule has 0 aromatic heterocycles. The van der Waals surface area contributed by atoms with Crippen molar-refractivity contribution < 1.29 is 0 Å². The summed E-state index contributed by atoms with van der Waals surface area (Å²) in [4.78, 5) is 0. The summed E-state index contributed by atoms with van der Waals surface area (Å²) in [6.45, 7) is 2.06. The predicted octanol–water partition coefficient (Wildman–Crippen LogP) is 2.50. The molecule has 0 saturated carbocycles. The van der Waals surface area contributed by atoms with Gasteiger partial charge in [-0.3, -0.25) is 0 Å². The Kier molecular flexibility index (Phi) is 1.74. The Bertz CT molecular complexity index is 133. The molecule has 0 aliphatic heterocycles. The van der Waals surface area contributed by atoms with Crippen molar-refractivity contribution in [2.75, 3.05) is 0 Å². The van der Waals surface area contributed by atoms with E-state index in [0.29, 0.717) is 0 Å². The van der Waals surface area contributed by atoms with Gasteiger partial charge in [0.1, 0.15) is 0 Å². The first-order valence-electron chi connectivity index (χ1n) is 2.78. The summed E-state index contributed by atoms with van der Waals surface area (Å²) in [7, 11) is 0. The van der Waals surface area contributed by atoms with Crippen LogP contribution in [0, 0.1) is 0 Å². The molecule has 0 fully saturated rings. The molecule has 1 aliphatic carbocycles. The predicted molar refractivity (Wildman–Crippen MR) is 37.2 cm³/mol. The van der Waals surface area contributed by atoms with E-state index >= 15 is 0 Å². The van der Waals surface area contributed by atoms with Crippen LogP contribution in [-0.2, 0) is 0 Å². The minimum absolute atomic E-state index is 0.250. The molecule has 44 valence electrons. The molecule has 0 saturated heterocycles. The second-order valence-corrected chi connectivity index (χ2v) is 2.57. The van der Waals surface area contributed by atoms with Crippen molar-refractivity contribution in [2.24, 2.45) is 0 Å². The smallest absolute Gasteiger partial charge is 0.0580 e. The molecule has 1 rings (SSSR count). The Hall–Kier alpha value is -0.230. The summed E-state index contributed by atoms with van der Waals surface area (Å²) in [6.07, 6.45) is 7.18. The van der Waals surface area contributed by atoms with Crippen LogP contribution >= 0.6 is 11.6 Å². The largest absolute Gasteiger partial charge is 0.118 e. The van der Waals surface area contributed by atoms with E-state index in [4.69, 9.17) is 11.6 Å². The zero-order chi connectivity index (χ0) is 5.98. The molecule has 1 heteroatoms. The van der Waals surface area contributed by atoms with Crippen LogP contribution in [0.1, 0.15) is 13.3 Å². The van der Waals surface area contributed by atoms with Crippen molar-refractivity contribution in [1.82, 2.24) is 0 Å². The first-order valence-corrected chi connectivity index (χ1v) is 3.22. The molecule has 1 aliphatic rings. The third-order valence-corrected chi connectivity index (χ3v) is 1.85. The summed E-state index contributed by atoms with van der Waals surface area (Å²) in [6, 6.07) is 0. The third-order valence-electron chi connectivity index (χ3n) is 1.33. The van der Waals surface area contributed by atoms with Gasteiger partial charge in [0.2, 0.25) is 0 Å². The summed E-state index contributed by atoms with van der Waals surface area (Å²) < 4.78 is 0. The van der Waals surface area contributed by atoms with Gasteiger partial charge in [0, 0.05) is 0 Å². The Balaban J connectivity index is 2.66. The fraction of sp³-hybridized carbons (Fsp3) is 0.429. The molecule has 0 N–H and O–H groups in total. The molecular weight excluding hydrogens is 120 g/mol. The molecule has 0 radical (unpaired) electrons. The van der Waals surface area contributed by atoms with Gasteiger partial charge in [0.05, 0.1) is 5.38 Å². The lowest BCUT2D eigenvalue weighted by molar-refractivity contribution is 0.970. The fourth-order valence-corrected chi connectivity index (χ4v) is 0.884. The van der Waals surface area contributed by atoms with Crippen LogP contribution in [0.25, 0.3) is 0 Å². The molecule has 0 spiro atoms. The van der Waals surface area contributed by atoms with Crippen LogP contribution in [0.5, 0.6) is 0 Å². The van der Waals surface area contributed by atoms with Crippen molar-refractivity contribution in [2.45, 2.75) is 18.7 Å². The maximum atomic E-state index is 5.85. The van der Waals surface area contributed by atoms with Crippen LogP contribution < -0.4 is 0 Å². The number of allylic oxidation sites excluding steroid dienone is 4. The number of alkyl halides is 1. The quantitative estimate of drug-likeness (QED) is 0.440. The van der Waals surface area contributed by atoms with Gasteiger partial charge in [-0.2, -0.15) is 0 Å². The van der Waals surface area contributed by atoms with E-state index in [9.17, 15) is 0 Å². The molecule has 0 aromatic carbocycles. The molecule has 0 nitrogen and oxygen atoms in total. The Morgan fingerprint density at radius 2 is 2.50 bits per heavy atom. The van der Waals surface area contributed by atoms with E-state index in [1.165, 1.54) is 5.57 Å². The molecule has 0 unspecified atom stereocenters. The Labute approximate surface area is 54.8 Å². The normalized spacial score (nSPS) is 27.8. The average Bonchev–Trinajstić information content (AvgIpc) is 1.77. The van der Waals surface area contributed by atoms with Gasteiger partial charge in [0.25, 0.3) is 0 Å². The van der Waals surface area contributed by atoms with Gasteiger partial charge < -0.3 is 0 Å². The molecule has 0 amide bonds. The highest BCUT2D eigenvalue weighted by molar-refractivity contribution is 6.22. The fourth-order valence-electron chi connectivity index (χ4n) is 0.708. The van der Waals surface area contributed by atoms with Crippen molar-refractivity contribution in [3.8, 4) is 0 Å². The Morgan fingerprint density at radius 1 is 1.75 bits per heavy atom. The molecule has 1 atom stereocenters. The first kappa shape index (κ1) is 5.90. The van der Waals surface area contributed by atoms with Crippen LogP contribution in [0.4, 0.5) is 0 Å². The van der Waals surface area contributed by atoms with E-state index in [-0.39, 0.29) is 5.38 Å². The standard InChI is InChI=1S/C7H9Cl/c1-6-4-2-3-5-7(6)8/h2-4,7H,5H2,1H3/t7-/m0/s1. The summed E-state index contributed by atoms with van der Waals surface area (Å²) in [5, 5.41) is 0.250. The number of rotatable bonds is 0. The van der Waals surface area contributed by atoms with Crippen LogP contribution in [-0.4, -0.2) is 5.38 Å². The van der Waals surface area contributed by atoms with Crippen molar-refractivity contribution in [3.63, 3.8) is 0 Å². The lowest BCUT2D eigenvalue weighted by Gasteiger charge is -2.08. The SMILES string of the molecule is CC1=CC=CC[C@@H]1Cl. The second-order valence-electron chi connectivity index (χ2n) is 2.04. The van der Waals surface area contributed by atoms with E-state index in [1.807, 2.05) is 6.08 Å². The van der Waals surface area contributed by atoms with Gasteiger partial charge in [-0.15, -0.1) is 11.6 Å². The minimum Gasteiger partial charge on any atom is -0.118 e. The number of hydrogen-bond acceptors (Lipinski definition) is 0. The lowest BCUT2D eigenvalue weighted by atomic mass is 10.1. The lowest BCUT2D eigenvalue weighted by Crippen LogP contribution is -2.00. The summed E-state index contributed by atoms with van der Waals surface area (Å²) in [5.74, 6) is 0. The topological polar surface area (TPSA) is 0 Å². The first-order chi connectivity index (χ1) is 3.80.